The minimum Gasteiger partial charge on any atom is -0.294 e. The summed E-state index contributed by atoms with van der Waals surface area (Å²) in [5.41, 5.74) is 1.86. The molecular formula is C22H34O2. The number of Topliss-reactive ketones (excluding diaryl/α,β-unsaturated/α-hetero) is 2. The fraction of sp³-hybridized carbons (Fsp3) is 0.727. The van der Waals surface area contributed by atoms with E-state index in [9.17, 15) is 9.59 Å². The molecule has 0 aromatic carbocycles. The molecule has 0 bridgehead atoms. The van der Waals surface area contributed by atoms with Crippen molar-refractivity contribution < 1.29 is 9.59 Å². The third kappa shape index (κ3) is 3.90. The fourth-order valence-electron chi connectivity index (χ4n) is 4.29. The first kappa shape index (κ1) is 19.1. The zero-order chi connectivity index (χ0) is 18.0. The van der Waals surface area contributed by atoms with Crippen molar-refractivity contribution in [1.29, 1.82) is 0 Å². The van der Waals surface area contributed by atoms with Gasteiger partial charge in [0, 0.05) is 11.8 Å². The van der Waals surface area contributed by atoms with Gasteiger partial charge in [-0.25, -0.2) is 0 Å². The maximum atomic E-state index is 12.8. The van der Waals surface area contributed by atoms with Crippen LogP contribution in [0, 0.1) is 35.5 Å². The van der Waals surface area contributed by atoms with Crippen LogP contribution in [0.1, 0.15) is 67.2 Å². The van der Waals surface area contributed by atoms with E-state index in [0.29, 0.717) is 35.2 Å². The molecule has 0 radical (unpaired) electrons. The van der Waals surface area contributed by atoms with Crippen molar-refractivity contribution in [3.63, 3.8) is 0 Å². The number of allylic oxidation sites excluding steroid dienone is 4. The van der Waals surface area contributed by atoms with Crippen LogP contribution in [0.4, 0.5) is 0 Å². The molecule has 2 aliphatic rings. The molecule has 0 heterocycles. The Kier molecular flexibility index (Phi) is 6.22. The second-order valence-corrected chi connectivity index (χ2v) is 8.63. The lowest BCUT2D eigenvalue weighted by Crippen LogP contribution is -2.31. The van der Waals surface area contributed by atoms with Gasteiger partial charge in [0.05, 0.1) is 0 Å². The number of hydrogen-bond acceptors (Lipinski definition) is 2. The molecule has 134 valence electrons. The summed E-state index contributed by atoms with van der Waals surface area (Å²) >= 11 is 0. The second kappa shape index (κ2) is 7.80. The molecular weight excluding hydrogens is 296 g/mol. The molecule has 0 aromatic heterocycles. The maximum Gasteiger partial charge on any atom is 0.162 e. The van der Waals surface area contributed by atoms with Gasteiger partial charge in [-0.15, -0.1) is 0 Å². The molecule has 2 aliphatic carbocycles. The average molecular weight is 331 g/mol. The van der Waals surface area contributed by atoms with Crippen molar-refractivity contribution in [2.75, 3.05) is 0 Å². The summed E-state index contributed by atoms with van der Waals surface area (Å²) in [7, 11) is 0. The summed E-state index contributed by atoms with van der Waals surface area (Å²) in [6, 6.07) is 0. The Hall–Kier alpha value is -1.18. The fourth-order valence-corrected chi connectivity index (χ4v) is 4.29. The normalized spacial score (nSPS) is 35.5. The molecule has 0 spiro atoms. The molecule has 2 fully saturated rings. The van der Waals surface area contributed by atoms with Crippen LogP contribution in [-0.4, -0.2) is 11.6 Å². The molecule has 2 rings (SSSR count). The van der Waals surface area contributed by atoms with E-state index in [-0.39, 0.29) is 11.8 Å². The predicted molar refractivity (Wildman–Crippen MR) is 99.6 cm³/mol. The van der Waals surface area contributed by atoms with E-state index >= 15 is 0 Å². The summed E-state index contributed by atoms with van der Waals surface area (Å²) in [4.78, 5) is 25.6. The summed E-state index contributed by atoms with van der Waals surface area (Å²) in [6.07, 6.45) is 8.10. The van der Waals surface area contributed by atoms with Crippen LogP contribution in [0.25, 0.3) is 0 Å². The standard InChI is InChI=1S/C22H34O2/c1-13(2)17-9-7-15(5)19(21(17)23)11-12-20-16(6)8-10-18(14(3)4)22(20)24/h11-18H,7-10H2,1-6H3/b19-11-,20-12+/t15-,16-,17-,18-/m1/s1. The van der Waals surface area contributed by atoms with Gasteiger partial charge in [0.25, 0.3) is 0 Å². The van der Waals surface area contributed by atoms with Crippen LogP contribution in [0.3, 0.4) is 0 Å². The highest BCUT2D eigenvalue weighted by atomic mass is 16.1. The number of ketones is 2. The van der Waals surface area contributed by atoms with Gasteiger partial charge in [-0.3, -0.25) is 9.59 Å². The SMILES string of the molecule is CC(C)[C@H]1CC[C@@H](C)/C(=C/C=C2/C(=O)[C@@H](C(C)C)CC[C@H]2C)C1=O. The molecule has 0 N–H and O–H groups in total. The van der Waals surface area contributed by atoms with E-state index < -0.39 is 0 Å². The maximum absolute atomic E-state index is 12.8. The Bertz CT molecular complexity index is 500. The minimum absolute atomic E-state index is 0.147. The van der Waals surface area contributed by atoms with E-state index in [1.165, 1.54) is 0 Å². The Balaban J connectivity index is 2.29. The van der Waals surface area contributed by atoms with E-state index in [1.807, 2.05) is 12.2 Å². The lowest BCUT2D eigenvalue weighted by Gasteiger charge is -2.31. The molecule has 2 nitrogen and oxygen atoms in total. The third-order valence-corrected chi connectivity index (χ3v) is 6.18. The molecule has 2 saturated carbocycles. The van der Waals surface area contributed by atoms with E-state index in [1.54, 1.807) is 0 Å². The molecule has 0 aliphatic heterocycles. The van der Waals surface area contributed by atoms with Gasteiger partial charge >= 0.3 is 0 Å². The topological polar surface area (TPSA) is 34.1 Å². The van der Waals surface area contributed by atoms with Gasteiger partial charge in [-0.05, 0) is 60.5 Å². The molecule has 0 unspecified atom stereocenters. The number of carbonyl (C=O) groups excluding carboxylic acids is 2. The highest BCUT2D eigenvalue weighted by molar-refractivity contribution is 6.01. The zero-order valence-corrected chi connectivity index (χ0v) is 16.3. The Morgan fingerprint density at radius 2 is 1.04 bits per heavy atom. The van der Waals surface area contributed by atoms with Crippen LogP contribution in [-0.2, 0) is 9.59 Å². The smallest absolute Gasteiger partial charge is 0.162 e. The van der Waals surface area contributed by atoms with Crippen LogP contribution < -0.4 is 0 Å². The Morgan fingerprint density at radius 3 is 1.33 bits per heavy atom. The number of carbonyl (C=O) groups is 2. The highest BCUT2D eigenvalue weighted by Crippen LogP contribution is 2.36. The van der Waals surface area contributed by atoms with Crippen LogP contribution in [0.5, 0.6) is 0 Å². The van der Waals surface area contributed by atoms with Crippen molar-refractivity contribution in [2.45, 2.75) is 67.2 Å². The highest BCUT2D eigenvalue weighted by Gasteiger charge is 2.34. The summed E-state index contributed by atoms with van der Waals surface area (Å²) < 4.78 is 0. The van der Waals surface area contributed by atoms with Gasteiger partial charge in [0.1, 0.15) is 0 Å². The lowest BCUT2D eigenvalue weighted by molar-refractivity contribution is -0.123. The minimum atomic E-state index is 0.147. The van der Waals surface area contributed by atoms with Gasteiger partial charge < -0.3 is 0 Å². The van der Waals surface area contributed by atoms with Gasteiger partial charge in [0.15, 0.2) is 11.6 Å². The average Bonchev–Trinajstić information content (AvgIpc) is 2.48. The number of hydrogen-bond donors (Lipinski definition) is 0. The van der Waals surface area contributed by atoms with E-state index in [2.05, 4.69) is 41.5 Å². The van der Waals surface area contributed by atoms with Crippen LogP contribution in [0.2, 0.25) is 0 Å². The Morgan fingerprint density at radius 1 is 0.708 bits per heavy atom. The largest absolute Gasteiger partial charge is 0.294 e. The summed E-state index contributed by atoms with van der Waals surface area (Å²) in [5.74, 6) is 2.29. The van der Waals surface area contributed by atoms with Gasteiger partial charge in [-0.1, -0.05) is 53.7 Å². The van der Waals surface area contributed by atoms with Crippen molar-refractivity contribution in [1.82, 2.24) is 0 Å². The van der Waals surface area contributed by atoms with Crippen molar-refractivity contribution in [2.24, 2.45) is 35.5 Å². The van der Waals surface area contributed by atoms with Crippen molar-refractivity contribution in [3.8, 4) is 0 Å². The lowest BCUT2D eigenvalue weighted by atomic mass is 9.72. The van der Waals surface area contributed by atoms with Crippen molar-refractivity contribution in [3.05, 3.63) is 23.3 Å². The van der Waals surface area contributed by atoms with E-state index in [0.717, 1.165) is 36.8 Å². The first-order chi connectivity index (χ1) is 11.2. The first-order valence-corrected chi connectivity index (χ1v) is 9.74. The molecule has 0 saturated heterocycles. The van der Waals surface area contributed by atoms with Gasteiger partial charge in [-0.2, -0.15) is 0 Å². The van der Waals surface area contributed by atoms with E-state index in [4.69, 9.17) is 0 Å². The molecule has 0 amide bonds. The molecule has 2 heteroatoms. The molecule has 4 atom stereocenters. The first-order valence-electron chi connectivity index (χ1n) is 9.74. The number of rotatable bonds is 3. The summed E-state index contributed by atoms with van der Waals surface area (Å²) in [5, 5.41) is 0. The quantitative estimate of drug-likeness (QED) is 0.651. The predicted octanol–water partition coefficient (Wildman–Crippen LogP) is 5.38. The Labute approximate surface area is 147 Å². The zero-order valence-electron chi connectivity index (χ0n) is 16.3. The summed E-state index contributed by atoms with van der Waals surface area (Å²) in [6.45, 7) is 12.8. The second-order valence-electron chi connectivity index (χ2n) is 8.63. The molecule has 0 aromatic rings. The van der Waals surface area contributed by atoms with Crippen LogP contribution >= 0.6 is 0 Å². The molecule has 24 heavy (non-hydrogen) atoms. The monoisotopic (exact) mass is 330 g/mol. The van der Waals surface area contributed by atoms with Crippen molar-refractivity contribution >= 4 is 11.6 Å². The van der Waals surface area contributed by atoms with Crippen LogP contribution in [0.15, 0.2) is 23.3 Å². The van der Waals surface area contributed by atoms with Gasteiger partial charge in [0.2, 0.25) is 0 Å². The third-order valence-electron chi connectivity index (χ3n) is 6.18.